The summed E-state index contributed by atoms with van der Waals surface area (Å²) >= 11 is 5.95. The summed E-state index contributed by atoms with van der Waals surface area (Å²) in [5.74, 6) is -1.10. The molecule has 0 saturated carbocycles. The normalized spacial score (nSPS) is 17.6. The summed E-state index contributed by atoms with van der Waals surface area (Å²) in [5, 5.41) is 5.92. The Kier molecular flexibility index (Phi) is 7.38. The van der Waals surface area contributed by atoms with Gasteiger partial charge in [-0.25, -0.2) is 4.79 Å². The van der Waals surface area contributed by atoms with Gasteiger partial charge in [0.15, 0.2) is 0 Å². The van der Waals surface area contributed by atoms with Crippen LogP contribution in [0.3, 0.4) is 0 Å². The van der Waals surface area contributed by atoms with Crippen molar-refractivity contribution in [3.8, 4) is 0 Å². The van der Waals surface area contributed by atoms with E-state index in [1.807, 2.05) is 13.8 Å². The number of imide groups is 1. The summed E-state index contributed by atoms with van der Waals surface area (Å²) in [6.45, 7) is 6.39. The van der Waals surface area contributed by atoms with Crippen LogP contribution in [0.4, 0.5) is 10.5 Å². The zero-order chi connectivity index (χ0) is 24.2. The molecule has 0 spiro atoms. The van der Waals surface area contributed by atoms with E-state index in [1.54, 1.807) is 60.4 Å². The third-order valence-corrected chi connectivity index (χ3v) is 6.06. The van der Waals surface area contributed by atoms with Crippen molar-refractivity contribution >= 4 is 41.0 Å². The van der Waals surface area contributed by atoms with E-state index in [1.165, 1.54) is 0 Å². The molecule has 3 rings (SSSR count). The Balaban J connectivity index is 1.69. The van der Waals surface area contributed by atoms with Gasteiger partial charge in [-0.15, -0.1) is 0 Å². The fraction of sp³-hybridized carbons (Fsp3) is 0.333. The van der Waals surface area contributed by atoms with E-state index in [9.17, 15) is 19.2 Å². The molecular weight excluding hydrogens is 444 g/mol. The molecule has 1 fully saturated rings. The highest BCUT2D eigenvalue weighted by Crippen LogP contribution is 2.33. The molecule has 2 aromatic carbocycles. The Morgan fingerprint density at radius 2 is 1.61 bits per heavy atom. The van der Waals surface area contributed by atoms with Crippen molar-refractivity contribution in [1.29, 1.82) is 0 Å². The largest absolute Gasteiger partial charge is 0.339 e. The van der Waals surface area contributed by atoms with Gasteiger partial charge in [-0.2, -0.15) is 0 Å². The van der Waals surface area contributed by atoms with Gasteiger partial charge in [-0.1, -0.05) is 30.7 Å². The molecule has 2 aromatic rings. The topological polar surface area (TPSA) is 98.8 Å². The summed E-state index contributed by atoms with van der Waals surface area (Å²) in [7, 11) is 0. The number of anilines is 1. The smallest absolute Gasteiger partial charge is 0.325 e. The van der Waals surface area contributed by atoms with E-state index in [0.717, 1.165) is 4.90 Å². The number of nitrogens with one attached hydrogen (secondary N) is 2. The first-order valence-electron chi connectivity index (χ1n) is 10.8. The van der Waals surface area contributed by atoms with Crippen molar-refractivity contribution in [2.45, 2.75) is 32.7 Å². The van der Waals surface area contributed by atoms with Crippen LogP contribution in [0.15, 0.2) is 48.5 Å². The van der Waals surface area contributed by atoms with E-state index in [2.05, 4.69) is 10.6 Å². The monoisotopic (exact) mass is 470 g/mol. The van der Waals surface area contributed by atoms with Crippen molar-refractivity contribution in [3.63, 3.8) is 0 Å². The molecule has 0 bridgehead atoms. The number of hydrogen-bond donors (Lipinski definition) is 2. The van der Waals surface area contributed by atoms with Crippen LogP contribution < -0.4 is 10.6 Å². The van der Waals surface area contributed by atoms with Gasteiger partial charge in [0, 0.05) is 29.4 Å². The molecule has 1 atom stereocenters. The minimum atomic E-state index is -1.24. The maximum atomic E-state index is 13.2. The summed E-state index contributed by atoms with van der Waals surface area (Å²) < 4.78 is 0. The Bertz CT molecular complexity index is 1050. The summed E-state index contributed by atoms with van der Waals surface area (Å²) in [5.41, 5.74) is 0.335. The lowest BCUT2D eigenvalue weighted by Crippen LogP contribution is -2.44. The minimum absolute atomic E-state index is 0.0877. The Morgan fingerprint density at radius 3 is 2.15 bits per heavy atom. The SMILES string of the molecule is CCN(CC)C(=O)c1ccc(NC(=O)CN2C(=O)NC(CC)(c3ccc(Cl)cc3)C2=O)cc1. The first kappa shape index (κ1) is 24.3. The number of hydrogen-bond acceptors (Lipinski definition) is 4. The van der Waals surface area contributed by atoms with Crippen LogP contribution >= 0.6 is 11.6 Å². The number of carbonyl (C=O) groups is 4. The number of benzene rings is 2. The Morgan fingerprint density at radius 1 is 1.00 bits per heavy atom. The van der Waals surface area contributed by atoms with Crippen LogP contribution in [0.2, 0.25) is 5.02 Å². The van der Waals surface area contributed by atoms with Crippen LogP contribution in [0.25, 0.3) is 0 Å². The predicted molar refractivity (Wildman–Crippen MR) is 126 cm³/mol. The van der Waals surface area contributed by atoms with E-state index in [-0.39, 0.29) is 5.91 Å². The van der Waals surface area contributed by atoms with Gasteiger partial charge < -0.3 is 15.5 Å². The van der Waals surface area contributed by atoms with Crippen molar-refractivity contribution in [2.75, 3.05) is 25.0 Å². The molecule has 2 N–H and O–H groups in total. The Hall–Kier alpha value is -3.39. The van der Waals surface area contributed by atoms with E-state index in [0.29, 0.717) is 41.3 Å². The molecule has 1 aliphatic rings. The number of carbonyl (C=O) groups excluding carboxylic acids is 4. The summed E-state index contributed by atoms with van der Waals surface area (Å²) in [4.78, 5) is 53.3. The van der Waals surface area contributed by atoms with Crippen LogP contribution in [-0.4, -0.2) is 53.2 Å². The fourth-order valence-electron chi connectivity index (χ4n) is 3.88. The number of nitrogens with zero attached hydrogens (tertiary/aromatic N) is 2. The van der Waals surface area contributed by atoms with Crippen LogP contribution in [0, 0.1) is 0 Å². The van der Waals surface area contributed by atoms with Crippen LogP contribution in [-0.2, 0) is 15.1 Å². The van der Waals surface area contributed by atoms with Gasteiger partial charge in [-0.05, 0) is 62.2 Å². The zero-order valence-electron chi connectivity index (χ0n) is 18.9. The molecule has 1 unspecified atom stereocenters. The van der Waals surface area contributed by atoms with Crippen molar-refractivity contribution in [3.05, 3.63) is 64.7 Å². The van der Waals surface area contributed by atoms with Crippen molar-refractivity contribution < 1.29 is 19.2 Å². The molecule has 1 heterocycles. The van der Waals surface area contributed by atoms with Crippen molar-refractivity contribution in [1.82, 2.24) is 15.1 Å². The third-order valence-electron chi connectivity index (χ3n) is 5.81. The molecule has 174 valence electrons. The average molecular weight is 471 g/mol. The lowest BCUT2D eigenvalue weighted by atomic mass is 9.87. The number of halogens is 1. The molecule has 9 heteroatoms. The van der Waals surface area contributed by atoms with E-state index < -0.39 is 29.9 Å². The van der Waals surface area contributed by atoms with Gasteiger partial charge in [0.25, 0.3) is 11.8 Å². The lowest BCUT2D eigenvalue weighted by Gasteiger charge is -2.25. The molecule has 0 aliphatic carbocycles. The van der Waals surface area contributed by atoms with Gasteiger partial charge in [-0.3, -0.25) is 19.3 Å². The van der Waals surface area contributed by atoms with E-state index in [4.69, 9.17) is 11.6 Å². The number of rotatable bonds is 8. The van der Waals surface area contributed by atoms with Crippen molar-refractivity contribution in [2.24, 2.45) is 0 Å². The quantitative estimate of drug-likeness (QED) is 0.575. The highest BCUT2D eigenvalue weighted by Gasteiger charge is 2.51. The number of urea groups is 1. The minimum Gasteiger partial charge on any atom is -0.339 e. The fourth-order valence-corrected chi connectivity index (χ4v) is 4.00. The van der Waals surface area contributed by atoms with Gasteiger partial charge in [0.1, 0.15) is 12.1 Å². The molecule has 1 aliphatic heterocycles. The van der Waals surface area contributed by atoms with Crippen LogP contribution in [0.1, 0.15) is 43.1 Å². The first-order chi connectivity index (χ1) is 15.7. The summed E-state index contributed by atoms with van der Waals surface area (Å²) in [6, 6.07) is 12.5. The van der Waals surface area contributed by atoms with Crippen LogP contribution in [0.5, 0.6) is 0 Å². The zero-order valence-corrected chi connectivity index (χ0v) is 19.6. The second-order valence-corrected chi connectivity index (χ2v) is 8.13. The third kappa shape index (κ3) is 4.85. The maximum Gasteiger partial charge on any atom is 0.325 e. The molecule has 0 aromatic heterocycles. The summed E-state index contributed by atoms with van der Waals surface area (Å²) in [6.07, 6.45) is 0.319. The molecule has 0 radical (unpaired) electrons. The first-order valence-corrected chi connectivity index (χ1v) is 11.2. The second kappa shape index (κ2) is 10.0. The molecule has 33 heavy (non-hydrogen) atoms. The maximum absolute atomic E-state index is 13.2. The highest BCUT2D eigenvalue weighted by molar-refractivity contribution is 6.30. The highest BCUT2D eigenvalue weighted by atomic mass is 35.5. The molecular formula is C24H27ClN4O4. The molecule has 5 amide bonds. The Labute approximate surface area is 197 Å². The second-order valence-electron chi connectivity index (χ2n) is 7.69. The van der Waals surface area contributed by atoms with Gasteiger partial charge >= 0.3 is 6.03 Å². The van der Waals surface area contributed by atoms with Gasteiger partial charge in [0.2, 0.25) is 5.91 Å². The van der Waals surface area contributed by atoms with Gasteiger partial charge in [0.05, 0.1) is 0 Å². The average Bonchev–Trinajstić information content (AvgIpc) is 3.05. The molecule has 1 saturated heterocycles. The molecule has 8 nitrogen and oxygen atoms in total. The number of amides is 5. The predicted octanol–water partition coefficient (Wildman–Crippen LogP) is 3.62. The standard InChI is InChI=1S/C24H27ClN4O4/c1-4-24(17-9-11-18(25)12-10-17)22(32)29(23(33)27-24)15-20(30)26-19-13-7-16(8-14-19)21(31)28(5-2)6-3/h7-14H,4-6,15H2,1-3H3,(H,26,30)(H,27,33). The van der Waals surface area contributed by atoms with E-state index >= 15 is 0 Å². The lowest BCUT2D eigenvalue weighted by molar-refractivity contribution is -0.134.